The zero-order chi connectivity index (χ0) is 15.2. The number of thiophene rings is 1. The fourth-order valence-electron chi connectivity index (χ4n) is 1.73. The van der Waals surface area contributed by atoms with E-state index in [9.17, 15) is 4.79 Å². The molecule has 1 unspecified atom stereocenters. The second-order valence-corrected chi connectivity index (χ2v) is 6.25. The molecule has 0 fully saturated rings. The van der Waals surface area contributed by atoms with Crippen molar-refractivity contribution in [1.29, 1.82) is 0 Å². The van der Waals surface area contributed by atoms with Crippen molar-refractivity contribution >= 4 is 40.4 Å². The van der Waals surface area contributed by atoms with Gasteiger partial charge in [-0.05, 0) is 36.9 Å². The third-order valence-electron chi connectivity index (χ3n) is 2.84. The predicted octanol–water partition coefficient (Wildman–Crippen LogP) is 4.18. The van der Waals surface area contributed by atoms with Crippen LogP contribution in [0, 0.1) is 0 Å². The summed E-state index contributed by atoms with van der Waals surface area (Å²) in [5.41, 5.74) is 0. The highest BCUT2D eigenvalue weighted by molar-refractivity contribution is 7.09. The fourth-order valence-corrected chi connectivity index (χ4v) is 2.77. The van der Waals surface area contributed by atoms with Gasteiger partial charge >= 0.3 is 0 Å². The van der Waals surface area contributed by atoms with Crippen LogP contribution in [-0.4, -0.2) is 18.6 Å². The SMILES string of the molecule is CC(Oc1cccc(Cl)c1Cl)C(=O)NCCc1cccs1. The maximum Gasteiger partial charge on any atom is 0.260 e. The minimum atomic E-state index is -0.635. The van der Waals surface area contributed by atoms with Crippen LogP contribution in [0.5, 0.6) is 5.75 Å². The maximum atomic E-state index is 12.0. The van der Waals surface area contributed by atoms with E-state index in [1.54, 1.807) is 36.5 Å². The third kappa shape index (κ3) is 4.63. The van der Waals surface area contributed by atoms with Crippen molar-refractivity contribution in [1.82, 2.24) is 5.32 Å². The van der Waals surface area contributed by atoms with Gasteiger partial charge in [0, 0.05) is 11.4 Å². The van der Waals surface area contributed by atoms with Gasteiger partial charge in [0.2, 0.25) is 0 Å². The zero-order valence-electron chi connectivity index (χ0n) is 11.4. The molecule has 1 atom stereocenters. The van der Waals surface area contributed by atoms with Gasteiger partial charge in [0.15, 0.2) is 6.10 Å². The summed E-state index contributed by atoms with van der Waals surface area (Å²) >= 11 is 13.6. The number of carbonyl (C=O) groups excluding carboxylic acids is 1. The monoisotopic (exact) mass is 343 g/mol. The molecule has 1 N–H and O–H groups in total. The van der Waals surface area contributed by atoms with E-state index in [-0.39, 0.29) is 5.91 Å². The molecule has 1 heterocycles. The lowest BCUT2D eigenvalue weighted by atomic mass is 10.3. The van der Waals surface area contributed by atoms with Gasteiger partial charge < -0.3 is 10.1 Å². The van der Waals surface area contributed by atoms with Gasteiger partial charge in [-0.2, -0.15) is 0 Å². The smallest absolute Gasteiger partial charge is 0.260 e. The summed E-state index contributed by atoms with van der Waals surface area (Å²) < 4.78 is 5.55. The van der Waals surface area contributed by atoms with E-state index in [2.05, 4.69) is 5.32 Å². The number of halogens is 2. The van der Waals surface area contributed by atoms with E-state index in [1.807, 2.05) is 17.5 Å². The summed E-state index contributed by atoms with van der Waals surface area (Å²) in [5.74, 6) is 0.229. The highest BCUT2D eigenvalue weighted by Gasteiger charge is 2.16. The molecule has 0 aliphatic carbocycles. The van der Waals surface area contributed by atoms with E-state index >= 15 is 0 Å². The van der Waals surface area contributed by atoms with Crippen LogP contribution in [0.15, 0.2) is 35.7 Å². The van der Waals surface area contributed by atoms with Crippen molar-refractivity contribution in [2.75, 3.05) is 6.54 Å². The van der Waals surface area contributed by atoms with Gasteiger partial charge in [-0.1, -0.05) is 35.3 Å². The van der Waals surface area contributed by atoms with Gasteiger partial charge in [0.05, 0.1) is 5.02 Å². The summed E-state index contributed by atoms with van der Waals surface area (Å²) in [7, 11) is 0. The summed E-state index contributed by atoms with van der Waals surface area (Å²) in [6.07, 6.45) is 0.179. The Kier molecular flexibility index (Phi) is 5.91. The lowest BCUT2D eigenvalue weighted by molar-refractivity contribution is -0.127. The molecule has 1 aromatic heterocycles. The first kappa shape index (κ1) is 16.1. The van der Waals surface area contributed by atoms with Crippen LogP contribution in [0.25, 0.3) is 0 Å². The van der Waals surface area contributed by atoms with E-state index in [0.717, 1.165) is 6.42 Å². The number of hydrogen-bond acceptors (Lipinski definition) is 3. The average molecular weight is 344 g/mol. The molecule has 0 aliphatic heterocycles. The van der Waals surface area contributed by atoms with Gasteiger partial charge in [-0.15, -0.1) is 11.3 Å². The number of amides is 1. The summed E-state index contributed by atoms with van der Waals surface area (Å²) in [5, 5.41) is 5.58. The molecule has 112 valence electrons. The first-order valence-electron chi connectivity index (χ1n) is 6.48. The second-order valence-electron chi connectivity index (χ2n) is 4.43. The highest BCUT2D eigenvalue weighted by atomic mass is 35.5. The van der Waals surface area contributed by atoms with Crippen LogP contribution in [0.2, 0.25) is 10.0 Å². The Labute approximate surface area is 137 Å². The summed E-state index contributed by atoms with van der Waals surface area (Å²) in [4.78, 5) is 13.2. The van der Waals surface area contributed by atoms with Crippen molar-refractivity contribution in [3.05, 3.63) is 50.6 Å². The molecule has 6 heteroatoms. The molecule has 0 saturated carbocycles. The topological polar surface area (TPSA) is 38.3 Å². The quantitative estimate of drug-likeness (QED) is 0.854. The lowest BCUT2D eigenvalue weighted by Gasteiger charge is -2.15. The number of ether oxygens (including phenoxy) is 1. The van der Waals surface area contributed by atoms with E-state index in [0.29, 0.717) is 22.3 Å². The lowest BCUT2D eigenvalue weighted by Crippen LogP contribution is -2.37. The molecule has 0 radical (unpaired) electrons. The minimum absolute atomic E-state index is 0.178. The number of hydrogen-bond donors (Lipinski definition) is 1. The van der Waals surface area contributed by atoms with E-state index in [4.69, 9.17) is 27.9 Å². The number of carbonyl (C=O) groups is 1. The van der Waals surface area contributed by atoms with Crippen LogP contribution in [-0.2, 0) is 11.2 Å². The Balaban J connectivity index is 1.83. The maximum absolute atomic E-state index is 12.0. The van der Waals surface area contributed by atoms with Crippen LogP contribution in [0.3, 0.4) is 0 Å². The largest absolute Gasteiger partial charge is 0.479 e. The van der Waals surface area contributed by atoms with Crippen LogP contribution in [0.1, 0.15) is 11.8 Å². The van der Waals surface area contributed by atoms with Crippen molar-refractivity contribution < 1.29 is 9.53 Å². The molecule has 2 rings (SSSR count). The fraction of sp³-hybridized carbons (Fsp3) is 0.267. The number of benzene rings is 1. The molecule has 3 nitrogen and oxygen atoms in total. The predicted molar refractivity (Wildman–Crippen MR) is 87.6 cm³/mol. The Hall–Kier alpha value is -1.23. The number of nitrogens with one attached hydrogen (secondary N) is 1. The van der Waals surface area contributed by atoms with Crippen LogP contribution >= 0.6 is 34.5 Å². The van der Waals surface area contributed by atoms with Crippen molar-refractivity contribution in [2.24, 2.45) is 0 Å². The van der Waals surface area contributed by atoms with Crippen molar-refractivity contribution in [3.8, 4) is 5.75 Å². The Morgan fingerprint density at radius 1 is 1.33 bits per heavy atom. The first-order valence-corrected chi connectivity index (χ1v) is 8.12. The van der Waals surface area contributed by atoms with Gasteiger partial charge in [0.25, 0.3) is 5.91 Å². The molecule has 0 spiro atoms. The number of rotatable bonds is 6. The molecule has 1 amide bonds. The van der Waals surface area contributed by atoms with Crippen molar-refractivity contribution in [3.63, 3.8) is 0 Å². The van der Waals surface area contributed by atoms with E-state index < -0.39 is 6.10 Å². The second kappa shape index (κ2) is 7.69. The normalized spacial score (nSPS) is 12.0. The summed E-state index contributed by atoms with van der Waals surface area (Å²) in [6, 6.07) is 9.12. The van der Waals surface area contributed by atoms with Crippen LogP contribution in [0.4, 0.5) is 0 Å². The van der Waals surface area contributed by atoms with Crippen molar-refractivity contribution in [2.45, 2.75) is 19.4 Å². The van der Waals surface area contributed by atoms with E-state index in [1.165, 1.54) is 4.88 Å². The Morgan fingerprint density at radius 2 is 2.14 bits per heavy atom. The Bertz CT molecular complexity index is 602. The molecular formula is C15H15Cl2NO2S. The van der Waals surface area contributed by atoms with Crippen LogP contribution < -0.4 is 10.1 Å². The first-order chi connectivity index (χ1) is 10.1. The van der Waals surface area contributed by atoms with Gasteiger partial charge in [0.1, 0.15) is 10.8 Å². The Morgan fingerprint density at radius 3 is 2.86 bits per heavy atom. The molecule has 1 aromatic carbocycles. The average Bonchev–Trinajstić information content (AvgIpc) is 2.97. The zero-order valence-corrected chi connectivity index (χ0v) is 13.8. The highest BCUT2D eigenvalue weighted by Crippen LogP contribution is 2.32. The minimum Gasteiger partial charge on any atom is -0.479 e. The molecule has 0 aliphatic rings. The third-order valence-corrected chi connectivity index (χ3v) is 4.58. The molecule has 2 aromatic rings. The molecular weight excluding hydrogens is 329 g/mol. The summed E-state index contributed by atoms with van der Waals surface area (Å²) in [6.45, 7) is 2.26. The molecule has 21 heavy (non-hydrogen) atoms. The molecule has 0 saturated heterocycles. The van der Waals surface area contributed by atoms with Gasteiger partial charge in [-0.3, -0.25) is 4.79 Å². The molecule has 0 bridgehead atoms. The van der Waals surface area contributed by atoms with Gasteiger partial charge in [-0.25, -0.2) is 0 Å². The standard InChI is InChI=1S/C15H15Cl2NO2S/c1-10(20-13-6-2-5-12(16)14(13)17)15(19)18-8-7-11-4-3-9-21-11/h2-6,9-10H,7-8H2,1H3,(H,18,19).